The van der Waals surface area contributed by atoms with E-state index in [1.54, 1.807) is 17.1 Å². The number of pyridine rings is 2. The number of fused-ring (bicyclic) bond motifs is 2. The van der Waals surface area contributed by atoms with Crippen LogP contribution in [0.3, 0.4) is 0 Å². The van der Waals surface area contributed by atoms with E-state index in [9.17, 15) is 14.7 Å². The Balaban J connectivity index is 0.000000155. The van der Waals surface area contributed by atoms with Crippen LogP contribution in [0.4, 0.5) is 0 Å². The number of carboxylic acids is 1. The number of carboxylic acid groups (broad SMARTS) is 1. The van der Waals surface area contributed by atoms with Crippen molar-refractivity contribution in [2.45, 2.75) is 51.4 Å². The minimum Gasteiger partial charge on any atom is -0.476 e. The van der Waals surface area contributed by atoms with E-state index in [1.165, 1.54) is 0 Å². The van der Waals surface area contributed by atoms with Gasteiger partial charge in [0.15, 0.2) is 11.4 Å². The van der Waals surface area contributed by atoms with Gasteiger partial charge in [0.2, 0.25) is 0 Å². The van der Waals surface area contributed by atoms with Gasteiger partial charge in [0.25, 0.3) is 5.91 Å². The fourth-order valence-electron chi connectivity index (χ4n) is 5.04. The van der Waals surface area contributed by atoms with Gasteiger partial charge in [-0.15, -0.1) is 0 Å². The summed E-state index contributed by atoms with van der Waals surface area (Å²) in [5, 5.41) is 18.0. The molecule has 10 nitrogen and oxygen atoms in total. The van der Waals surface area contributed by atoms with E-state index in [2.05, 4.69) is 65.3 Å². The lowest BCUT2D eigenvalue weighted by molar-refractivity contribution is 0.0688. The molecule has 0 spiro atoms. The number of halogens is 2. The smallest absolute Gasteiger partial charge is 0.356 e. The highest BCUT2D eigenvalue weighted by Gasteiger charge is 2.26. The third kappa shape index (κ3) is 5.46. The first-order valence-corrected chi connectivity index (χ1v) is 14.5. The van der Waals surface area contributed by atoms with Crippen LogP contribution in [-0.4, -0.2) is 46.5 Å². The number of hydrogen-bond donors (Lipinski definition) is 2. The average molecular weight is 737 g/mol. The van der Waals surface area contributed by atoms with Crippen molar-refractivity contribution >= 4 is 57.1 Å². The highest BCUT2D eigenvalue weighted by Crippen LogP contribution is 2.28. The van der Waals surface area contributed by atoms with Crippen molar-refractivity contribution in [3.05, 3.63) is 78.0 Å². The van der Waals surface area contributed by atoms with Gasteiger partial charge in [-0.05, 0) is 121 Å². The number of primary amides is 1. The fourth-order valence-corrected chi connectivity index (χ4v) is 6.00. The summed E-state index contributed by atoms with van der Waals surface area (Å²) in [6.45, 7) is 0. The van der Waals surface area contributed by atoms with Crippen molar-refractivity contribution in [1.82, 2.24) is 29.5 Å². The van der Waals surface area contributed by atoms with Crippen molar-refractivity contribution in [2.75, 3.05) is 0 Å². The Bertz CT molecular complexity index is 1420. The molecule has 4 heterocycles. The van der Waals surface area contributed by atoms with Crippen LogP contribution in [0, 0.1) is 7.40 Å². The van der Waals surface area contributed by atoms with Gasteiger partial charge >= 0.3 is 5.97 Å². The molecule has 4 aromatic rings. The second kappa shape index (κ2) is 11.5. The summed E-state index contributed by atoms with van der Waals surface area (Å²) >= 11 is 4.30. The molecule has 196 valence electrons. The van der Waals surface area contributed by atoms with E-state index in [1.807, 2.05) is 28.9 Å². The summed E-state index contributed by atoms with van der Waals surface area (Å²) < 4.78 is 5.38. The van der Waals surface area contributed by atoms with Gasteiger partial charge in [-0.2, -0.15) is 10.2 Å². The summed E-state index contributed by atoms with van der Waals surface area (Å²) in [6, 6.07) is 7.62. The number of aromatic carboxylic acids is 1. The highest BCUT2D eigenvalue weighted by atomic mass is 127. The van der Waals surface area contributed by atoms with Crippen molar-refractivity contribution in [3.8, 4) is 11.4 Å². The summed E-state index contributed by atoms with van der Waals surface area (Å²) in [4.78, 5) is 31.1. The monoisotopic (exact) mass is 737 g/mol. The molecule has 0 unspecified atom stereocenters. The quantitative estimate of drug-likeness (QED) is 0.235. The Hall–Kier alpha value is -2.88. The number of hydrogen-bond acceptors (Lipinski definition) is 6. The largest absolute Gasteiger partial charge is 0.476 e. The molecule has 3 N–H and O–H groups in total. The topological polar surface area (TPSA) is 142 Å². The van der Waals surface area contributed by atoms with Crippen molar-refractivity contribution in [1.29, 1.82) is 0 Å². The van der Waals surface area contributed by atoms with Gasteiger partial charge in [-0.1, -0.05) is 0 Å². The summed E-state index contributed by atoms with van der Waals surface area (Å²) in [6.07, 6.45) is 11.3. The lowest BCUT2D eigenvalue weighted by Crippen LogP contribution is -2.15. The molecular formula is C26H25I2N7O3. The van der Waals surface area contributed by atoms with Gasteiger partial charge in [0.1, 0.15) is 7.40 Å². The SMILES string of the molecule is NC(=O)c1nn(-c2ccnc(I)c2)c2c1CCCC2.O=C(O)c1nn(-c2ccnc(I)c2)c2c1CCCC2. The van der Waals surface area contributed by atoms with Gasteiger partial charge in [-0.25, -0.2) is 14.2 Å². The molecule has 38 heavy (non-hydrogen) atoms. The minimum absolute atomic E-state index is 0.196. The second-order valence-corrected chi connectivity index (χ2v) is 11.3. The Morgan fingerprint density at radius 3 is 1.66 bits per heavy atom. The predicted octanol–water partition coefficient (Wildman–Crippen LogP) is 4.30. The zero-order valence-electron chi connectivity index (χ0n) is 20.4. The molecular weight excluding hydrogens is 712 g/mol. The molecule has 2 aliphatic carbocycles. The predicted molar refractivity (Wildman–Crippen MR) is 157 cm³/mol. The number of rotatable bonds is 4. The van der Waals surface area contributed by atoms with E-state index >= 15 is 0 Å². The minimum atomic E-state index is -0.944. The molecule has 0 bridgehead atoms. The molecule has 0 aromatic carbocycles. The molecule has 2 aliphatic rings. The number of nitrogens with zero attached hydrogens (tertiary/aromatic N) is 6. The summed E-state index contributed by atoms with van der Waals surface area (Å²) in [5.41, 5.74) is 11.9. The van der Waals surface area contributed by atoms with Gasteiger partial charge in [0, 0.05) is 34.9 Å². The molecule has 0 saturated heterocycles. The average Bonchev–Trinajstić information content (AvgIpc) is 3.49. The van der Waals surface area contributed by atoms with Crippen LogP contribution >= 0.6 is 45.2 Å². The maximum absolute atomic E-state index is 11.5. The molecule has 12 heteroatoms. The summed E-state index contributed by atoms with van der Waals surface area (Å²) in [7, 11) is 0. The molecule has 6 rings (SSSR count). The number of aromatic nitrogens is 6. The first-order chi connectivity index (χ1) is 18.3. The molecule has 0 atom stereocenters. The van der Waals surface area contributed by atoms with Gasteiger partial charge in [0.05, 0.1) is 11.4 Å². The fraction of sp³-hybridized carbons (Fsp3) is 0.308. The Labute approximate surface area is 246 Å². The Kier molecular flexibility index (Phi) is 8.07. The molecule has 4 aromatic heterocycles. The van der Waals surface area contributed by atoms with E-state index in [4.69, 9.17) is 5.73 Å². The lowest BCUT2D eigenvalue weighted by Gasteiger charge is -2.14. The first-order valence-electron chi connectivity index (χ1n) is 12.3. The van der Waals surface area contributed by atoms with E-state index in [0.29, 0.717) is 5.69 Å². The zero-order valence-corrected chi connectivity index (χ0v) is 24.7. The molecule has 0 radical (unpaired) electrons. The van der Waals surface area contributed by atoms with Crippen LogP contribution in [0.5, 0.6) is 0 Å². The molecule has 0 fully saturated rings. The maximum atomic E-state index is 11.5. The zero-order chi connectivity index (χ0) is 26.8. The van der Waals surface area contributed by atoms with E-state index < -0.39 is 11.9 Å². The molecule has 1 amide bonds. The summed E-state index contributed by atoms with van der Waals surface area (Å²) in [5.74, 6) is -1.39. The number of carbonyl (C=O) groups excluding carboxylic acids is 1. The van der Waals surface area contributed by atoms with Crippen molar-refractivity contribution < 1.29 is 14.7 Å². The van der Waals surface area contributed by atoms with Crippen LogP contribution in [0.25, 0.3) is 11.4 Å². The number of amides is 1. The maximum Gasteiger partial charge on any atom is 0.356 e. The van der Waals surface area contributed by atoms with E-state index in [-0.39, 0.29) is 5.69 Å². The van der Waals surface area contributed by atoms with Crippen LogP contribution in [0.15, 0.2) is 36.7 Å². The standard InChI is InChI=1S/C13H13IN4O.C13H12IN3O2/c14-11-7-8(5-6-16-11)18-10-4-2-1-3-9(10)12(17-18)13(15)19;14-11-7-8(5-6-15-11)17-10-4-2-1-3-9(10)12(16-17)13(18)19/h5-7H,1-4H2,(H2,15,19);5-7H,1-4H2,(H,18,19). The lowest BCUT2D eigenvalue weighted by atomic mass is 9.95. The highest BCUT2D eigenvalue weighted by molar-refractivity contribution is 14.1. The van der Waals surface area contributed by atoms with Crippen molar-refractivity contribution in [2.24, 2.45) is 5.73 Å². The van der Waals surface area contributed by atoms with Crippen LogP contribution in [0.2, 0.25) is 0 Å². The molecule has 0 aliphatic heterocycles. The van der Waals surface area contributed by atoms with Gasteiger partial charge in [-0.3, -0.25) is 14.8 Å². The van der Waals surface area contributed by atoms with E-state index in [0.717, 1.165) is 92.7 Å². The number of carbonyl (C=O) groups is 2. The number of nitrogens with two attached hydrogens (primary N) is 1. The van der Waals surface area contributed by atoms with Crippen molar-refractivity contribution in [3.63, 3.8) is 0 Å². The Morgan fingerprint density at radius 1 is 0.763 bits per heavy atom. The third-order valence-corrected chi connectivity index (χ3v) is 7.89. The third-order valence-electron chi connectivity index (χ3n) is 6.71. The normalized spacial score (nSPS) is 14.2. The Morgan fingerprint density at radius 2 is 1.21 bits per heavy atom. The second-order valence-electron chi connectivity index (χ2n) is 9.13. The molecule has 0 saturated carbocycles. The van der Waals surface area contributed by atoms with Crippen LogP contribution in [-0.2, 0) is 25.7 Å². The van der Waals surface area contributed by atoms with Crippen LogP contribution in [0.1, 0.15) is 69.2 Å². The van der Waals surface area contributed by atoms with Crippen LogP contribution < -0.4 is 5.73 Å². The first kappa shape index (κ1) is 26.7. The van der Waals surface area contributed by atoms with Gasteiger partial charge < -0.3 is 10.8 Å².